The molecule has 114 valence electrons. The van der Waals surface area contributed by atoms with Crippen molar-refractivity contribution in [3.05, 3.63) is 42.1 Å². The van der Waals surface area contributed by atoms with Crippen LogP contribution in [0.1, 0.15) is 43.8 Å². The van der Waals surface area contributed by atoms with Gasteiger partial charge in [-0.05, 0) is 18.9 Å². The average Bonchev–Trinajstić information content (AvgIpc) is 2.80. The predicted octanol–water partition coefficient (Wildman–Crippen LogP) is 3.00. The third-order valence-corrected chi connectivity index (χ3v) is 5.20. The number of para-hydroxylation sites is 1. The largest absolute Gasteiger partial charge is 0.324 e. The minimum absolute atomic E-state index is 0.0794. The number of rotatable bonds is 1. The van der Waals surface area contributed by atoms with Crippen LogP contribution in [0.25, 0.3) is 10.9 Å². The molecule has 1 aromatic carbocycles. The summed E-state index contributed by atoms with van der Waals surface area (Å²) in [6, 6.07) is 10.2. The fourth-order valence-corrected chi connectivity index (χ4v) is 4.02. The summed E-state index contributed by atoms with van der Waals surface area (Å²) in [6.45, 7) is 0. The van der Waals surface area contributed by atoms with Crippen molar-refractivity contribution in [1.29, 1.82) is 0 Å². The smallest absolute Gasteiger partial charge is 0.244 e. The van der Waals surface area contributed by atoms with Crippen LogP contribution >= 0.6 is 0 Å². The predicted molar refractivity (Wildman–Crippen MR) is 86.2 cm³/mol. The number of carbonyl (C=O) groups is 1. The molecule has 2 heterocycles. The summed E-state index contributed by atoms with van der Waals surface area (Å²) in [4.78, 5) is 19.3. The molecule has 1 atom stereocenters. The van der Waals surface area contributed by atoms with Gasteiger partial charge in [0.25, 0.3) is 0 Å². The van der Waals surface area contributed by atoms with Crippen molar-refractivity contribution >= 4 is 16.8 Å². The molecule has 1 aromatic heterocycles. The van der Waals surface area contributed by atoms with E-state index in [1.54, 1.807) is 0 Å². The zero-order valence-corrected chi connectivity index (χ0v) is 12.9. The third-order valence-electron chi connectivity index (χ3n) is 5.20. The maximum atomic E-state index is 12.8. The first-order chi connectivity index (χ1) is 10.7. The number of likely N-dealkylation sites (N-methyl/N-ethyl adjacent to an activating group) is 1. The highest BCUT2D eigenvalue weighted by Gasteiger charge is 2.50. The summed E-state index contributed by atoms with van der Waals surface area (Å²) in [5.41, 5.74) is 1.72. The van der Waals surface area contributed by atoms with Gasteiger partial charge in [0.2, 0.25) is 5.91 Å². The molecule has 1 aliphatic carbocycles. The Labute approximate surface area is 130 Å². The van der Waals surface area contributed by atoms with Crippen LogP contribution in [0.15, 0.2) is 36.5 Å². The van der Waals surface area contributed by atoms with Crippen molar-refractivity contribution in [3.63, 3.8) is 0 Å². The van der Waals surface area contributed by atoms with E-state index in [0.717, 1.165) is 42.1 Å². The van der Waals surface area contributed by atoms with Crippen LogP contribution < -0.4 is 5.32 Å². The van der Waals surface area contributed by atoms with Crippen molar-refractivity contribution in [3.8, 4) is 0 Å². The summed E-state index contributed by atoms with van der Waals surface area (Å²) in [7, 11) is 1.91. The van der Waals surface area contributed by atoms with E-state index in [1.807, 2.05) is 30.3 Å². The molecule has 2 aromatic rings. The van der Waals surface area contributed by atoms with Gasteiger partial charge in [-0.3, -0.25) is 15.1 Å². The van der Waals surface area contributed by atoms with E-state index in [1.165, 1.54) is 6.42 Å². The molecule has 1 N–H and O–H groups in total. The fourth-order valence-electron chi connectivity index (χ4n) is 4.02. The molecular formula is C18H21N3O. The third kappa shape index (κ3) is 1.94. The van der Waals surface area contributed by atoms with Gasteiger partial charge in [-0.25, -0.2) is 0 Å². The van der Waals surface area contributed by atoms with Crippen LogP contribution in [0.3, 0.4) is 0 Å². The van der Waals surface area contributed by atoms with Crippen LogP contribution in [-0.4, -0.2) is 28.4 Å². The van der Waals surface area contributed by atoms with Gasteiger partial charge in [-0.1, -0.05) is 43.5 Å². The van der Waals surface area contributed by atoms with Crippen LogP contribution in [0.4, 0.5) is 0 Å². The molecule has 1 saturated carbocycles. The Kier molecular flexibility index (Phi) is 3.15. The van der Waals surface area contributed by atoms with Gasteiger partial charge in [-0.2, -0.15) is 0 Å². The summed E-state index contributed by atoms with van der Waals surface area (Å²) in [5, 5.41) is 4.77. The average molecular weight is 295 g/mol. The fraction of sp³-hybridized carbons (Fsp3) is 0.444. The molecule has 4 nitrogen and oxygen atoms in total. The van der Waals surface area contributed by atoms with Crippen LogP contribution in [0.2, 0.25) is 0 Å². The van der Waals surface area contributed by atoms with E-state index in [0.29, 0.717) is 0 Å². The number of pyridine rings is 1. The SMILES string of the molecule is CN1C(=O)C2(CCCCC2)N[C@H]1c1cccc2cccnc12. The Morgan fingerprint density at radius 1 is 1.18 bits per heavy atom. The van der Waals surface area contributed by atoms with Gasteiger partial charge >= 0.3 is 0 Å². The molecule has 1 saturated heterocycles. The van der Waals surface area contributed by atoms with E-state index >= 15 is 0 Å². The second-order valence-corrected chi connectivity index (χ2v) is 6.53. The molecule has 1 spiro atoms. The van der Waals surface area contributed by atoms with Crippen molar-refractivity contribution in [2.75, 3.05) is 7.05 Å². The lowest BCUT2D eigenvalue weighted by atomic mass is 9.82. The molecule has 4 heteroatoms. The van der Waals surface area contributed by atoms with Crippen LogP contribution in [0, 0.1) is 0 Å². The minimum Gasteiger partial charge on any atom is -0.324 e. The van der Waals surface area contributed by atoms with Crippen molar-refractivity contribution < 1.29 is 4.79 Å². The highest BCUT2D eigenvalue weighted by atomic mass is 16.2. The molecule has 0 radical (unpaired) electrons. The number of amides is 1. The standard InChI is InChI=1S/C18H21N3O/c1-21-16(20-18(17(21)22)10-3-2-4-11-18)14-9-5-7-13-8-6-12-19-15(13)14/h5-9,12,16,20H,2-4,10-11H2,1H3/t16-/m1/s1. The maximum absolute atomic E-state index is 12.8. The maximum Gasteiger partial charge on any atom is 0.244 e. The van der Waals surface area contributed by atoms with E-state index < -0.39 is 0 Å². The number of hydrogen-bond donors (Lipinski definition) is 1. The number of carbonyl (C=O) groups excluding carboxylic acids is 1. The van der Waals surface area contributed by atoms with Crippen LogP contribution in [0.5, 0.6) is 0 Å². The summed E-state index contributed by atoms with van der Waals surface area (Å²) in [5.74, 6) is 0.241. The Hall–Kier alpha value is -1.94. The summed E-state index contributed by atoms with van der Waals surface area (Å²) >= 11 is 0. The van der Waals surface area contributed by atoms with Crippen molar-refractivity contribution in [1.82, 2.24) is 15.2 Å². The summed E-state index contributed by atoms with van der Waals surface area (Å²) < 4.78 is 0. The molecule has 0 unspecified atom stereocenters. The van der Waals surface area contributed by atoms with Crippen LogP contribution in [-0.2, 0) is 4.79 Å². The van der Waals surface area contributed by atoms with E-state index in [2.05, 4.69) is 28.5 Å². The zero-order chi connectivity index (χ0) is 15.2. The molecule has 22 heavy (non-hydrogen) atoms. The monoisotopic (exact) mass is 295 g/mol. The topological polar surface area (TPSA) is 45.2 Å². The normalized spacial score (nSPS) is 24.3. The molecule has 4 rings (SSSR count). The lowest BCUT2D eigenvalue weighted by molar-refractivity contribution is -0.133. The summed E-state index contributed by atoms with van der Waals surface area (Å²) in [6.07, 6.45) is 7.14. The van der Waals surface area contributed by atoms with Gasteiger partial charge in [0.15, 0.2) is 0 Å². The second kappa shape index (κ2) is 5.06. The Morgan fingerprint density at radius 3 is 2.77 bits per heavy atom. The minimum atomic E-state index is -0.353. The Bertz CT molecular complexity index is 716. The van der Waals surface area contributed by atoms with Gasteiger partial charge in [-0.15, -0.1) is 0 Å². The first-order valence-electron chi connectivity index (χ1n) is 8.10. The Morgan fingerprint density at radius 2 is 1.95 bits per heavy atom. The molecule has 2 fully saturated rings. The molecular weight excluding hydrogens is 274 g/mol. The number of aromatic nitrogens is 1. The number of nitrogens with one attached hydrogen (secondary N) is 1. The van der Waals surface area contributed by atoms with Gasteiger partial charge in [0.05, 0.1) is 11.1 Å². The van der Waals surface area contributed by atoms with Crippen molar-refractivity contribution in [2.24, 2.45) is 0 Å². The lowest BCUT2D eigenvalue weighted by Crippen LogP contribution is -2.48. The number of fused-ring (bicyclic) bond motifs is 1. The molecule has 1 aliphatic heterocycles. The molecule has 0 bridgehead atoms. The second-order valence-electron chi connectivity index (χ2n) is 6.53. The van der Waals surface area contributed by atoms with Gasteiger partial charge < -0.3 is 4.90 Å². The number of nitrogens with zero attached hydrogens (tertiary/aromatic N) is 2. The first kappa shape index (κ1) is 13.7. The quantitative estimate of drug-likeness (QED) is 0.879. The zero-order valence-electron chi connectivity index (χ0n) is 12.9. The molecule has 2 aliphatic rings. The van der Waals surface area contributed by atoms with Crippen molar-refractivity contribution in [2.45, 2.75) is 43.8 Å². The number of benzene rings is 1. The van der Waals surface area contributed by atoms with E-state index in [9.17, 15) is 4.79 Å². The van der Waals surface area contributed by atoms with E-state index in [-0.39, 0.29) is 17.6 Å². The highest BCUT2D eigenvalue weighted by Crippen LogP contribution is 2.39. The van der Waals surface area contributed by atoms with Gasteiger partial charge in [0.1, 0.15) is 6.17 Å². The van der Waals surface area contributed by atoms with Gasteiger partial charge in [0, 0.05) is 24.2 Å². The van der Waals surface area contributed by atoms with E-state index in [4.69, 9.17) is 0 Å². The lowest BCUT2D eigenvalue weighted by Gasteiger charge is -2.31. The first-order valence-corrected chi connectivity index (χ1v) is 8.10. The highest BCUT2D eigenvalue weighted by molar-refractivity contribution is 5.90. The number of hydrogen-bond acceptors (Lipinski definition) is 3. The Balaban J connectivity index is 1.77. The molecule has 1 amide bonds.